The lowest BCUT2D eigenvalue weighted by molar-refractivity contribution is -0.0397. The van der Waals surface area contributed by atoms with Gasteiger partial charge in [0, 0.05) is 54.4 Å². The molecule has 2 N–H and O–H groups in total. The molecule has 0 unspecified atom stereocenters. The summed E-state index contributed by atoms with van der Waals surface area (Å²) < 4.78 is 11.7. The summed E-state index contributed by atoms with van der Waals surface area (Å²) in [5.74, 6) is 0.578. The monoisotopic (exact) mass is 392 g/mol. The molecule has 1 aromatic heterocycles. The Morgan fingerprint density at radius 1 is 1.18 bits per heavy atom. The van der Waals surface area contributed by atoms with Crippen LogP contribution in [-0.2, 0) is 16.0 Å². The molecule has 2 fully saturated rings. The summed E-state index contributed by atoms with van der Waals surface area (Å²) in [6.45, 7) is 8.36. The van der Waals surface area contributed by atoms with Crippen LogP contribution in [-0.4, -0.2) is 67.7 Å². The molecular formula is C22H40N4O2. The molecule has 28 heavy (non-hydrogen) atoms. The van der Waals surface area contributed by atoms with Crippen molar-refractivity contribution in [2.75, 3.05) is 40.5 Å². The third-order valence-electron chi connectivity index (χ3n) is 7.00. The van der Waals surface area contributed by atoms with E-state index in [1.165, 1.54) is 49.8 Å². The maximum absolute atomic E-state index is 5.83. The van der Waals surface area contributed by atoms with Crippen molar-refractivity contribution in [3.63, 3.8) is 0 Å². The maximum atomic E-state index is 5.83. The average Bonchev–Trinajstić information content (AvgIpc) is 3.12. The molecule has 0 spiro atoms. The Kier molecular flexibility index (Phi) is 7.92. The second kappa shape index (κ2) is 10.2. The topological polar surface area (TPSA) is 62.4 Å². The Bertz CT molecular complexity index is 567. The Labute approximate surface area is 170 Å². The number of rotatable bonds is 11. The van der Waals surface area contributed by atoms with Gasteiger partial charge in [-0.05, 0) is 66.5 Å². The first-order valence-electron chi connectivity index (χ1n) is 11.2. The number of hydrogen-bond acceptors (Lipinski definition) is 5. The van der Waals surface area contributed by atoms with Crippen LogP contribution in [0.25, 0.3) is 0 Å². The number of nitrogens with one attached hydrogen (secondary N) is 2. The van der Waals surface area contributed by atoms with Gasteiger partial charge < -0.3 is 14.8 Å². The zero-order valence-corrected chi connectivity index (χ0v) is 18.3. The van der Waals surface area contributed by atoms with Crippen LogP contribution in [0.5, 0.6) is 0 Å². The largest absolute Gasteiger partial charge is 0.381 e. The average molecular weight is 393 g/mol. The van der Waals surface area contributed by atoms with Gasteiger partial charge >= 0.3 is 0 Å². The van der Waals surface area contributed by atoms with Crippen LogP contribution >= 0.6 is 0 Å². The Hall–Kier alpha value is -0.950. The van der Waals surface area contributed by atoms with Crippen LogP contribution in [0.2, 0.25) is 0 Å². The summed E-state index contributed by atoms with van der Waals surface area (Å²) in [6.07, 6.45) is 9.25. The molecule has 0 aromatic carbocycles. The summed E-state index contributed by atoms with van der Waals surface area (Å²) in [6, 6.07) is 1.38. The lowest BCUT2D eigenvalue weighted by atomic mass is 9.70. The molecule has 2 aliphatic carbocycles. The molecule has 0 aliphatic heterocycles. The van der Waals surface area contributed by atoms with E-state index in [1.54, 1.807) is 0 Å². The first-order chi connectivity index (χ1) is 13.6. The zero-order chi connectivity index (χ0) is 20.0. The third-order valence-corrected chi connectivity index (χ3v) is 7.00. The van der Waals surface area contributed by atoms with E-state index in [2.05, 4.69) is 48.4 Å². The van der Waals surface area contributed by atoms with Crippen LogP contribution in [0.3, 0.4) is 0 Å². The number of hydrogen-bond donors (Lipinski definition) is 2. The van der Waals surface area contributed by atoms with E-state index in [0.29, 0.717) is 18.0 Å². The second-order valence-electron chi connectivity index (χ2n) is 8.88. The predicted octanol–water partition coefficient (Wildman–Crippen LogP) is 3.31. The van der Waals surface area contributed by atoms with E-state index in [9.17, 15) is 0 Å². The summed E-state index contributed by atoms with van der Waals surface area (Å²) in [5.41, 5.74) is 2.92. The van der Waals surface area contributed by atoms with Crippen molar-refractivity contribution in [2.24, 2.45) is 5.41 Å². The van der Waals surface area contributed by atoms with E-state index in [-0.39, 0.29) is 5.41 Å². The fourth-order valence-electron chi connectivity index (χ4n) is 4.87. The Morgan fingerprint density at radius 2 is 1.82 bits per heavy atom. The third kappa shape index (κ3) is 5.15. The lowest BCUT2D eigenvalue weighted by Crippen LogP contribution is -2.50. The number of ether oxygens (including phenoxy) is 2. The molecule has 1 aromatic rings. The van der Waals surface area contributed by atoms with Gasteiger partial charge in [-0.15, -0.1) is 0 Å². The van der Waals surface area contributed by atoms with Crippen LogP contribution in [0.1, 0.15) is 69.5 Å². The first-order valence-corrected chi connectivity index (χ1v) is 11.2. The second-order valence-corrected chi connectivity index (χ2v) is 8.88. The fraction of sp³-hybridized carbons (Fsp3) is 0.864. The van der Waals surface area contributed by atoms with E-state index in [1.807, 2.05) is 6.20 Å². The van der Waals surface area contributed by atoms with Gasteiger partial charge in [0.15, 0.2) is 0 Å². The quantitative estimate of drug-likeness (QED) is 0.605. The van der Waals surface area contributed by atoms with E-state index in [0.717, 1.165) is 33.0 Å². The number of aromatic amines is 1. The van der Waals surface area contributed by atoms with Gasteiger partial charge in [0.1, 0.15) is 0 Å². The van der Waals surface area contributed by atoms with Gasteiger partial charge in [-0.2, -0.15) is 5.10 Å². The molecule has 2 saturated carbocycles. The number of nitrogens with zero attached hydrogens (tertiary/aromatic N) is 2. The molecule has 0 atom stereocenters. The van der Waals surface area contributed by atoms with Crippen molar-refractivity contribution in [2.45, 2.75) is 76.9 Å². The molecule has 0 radical (unpaired) electrons. The van der Waals surface area contributed by atoms with Crippen molar-refractivity contribution >= 4 is 0 Å². The SMILES string of the molecule is CCOCC1(COCC)CCC(c2[nH]ncc2CN(C)C2CC(NC)C2)CC1. The minimum absolute atomic E-state index is 0.188. The molecule has 6 heteroatoms. The Morgan fingerprint density at radius 3 is 2.39 bits per heavy atom. The zero-order valence-electron chi connectivity index (χ0n) is 18.3. The molecule has 3 rings (SSSR count). The number of H-pyrrole nitrogens is 1. The normalized spacial score (nSPS) is 25.2. The van der Waals surface area contributed by atoms with Crippen molar-refractivity contribution in [3.8, 4) is 0 Å². The van der Waals surface area contributed by atoms with Crippen LogP contribution in [0.4, 0.5) is 0 Å². The summed E-state index contributed by atoms with van der Waals surface area (Å²) >= 11 is 0. The summed E-state index contributed by atoms with van der Waals surface area (Å²) in [7, 11) is 4.32. The van der Waals surface area contributed by atoms with E-state index in [4.69, 9.17) is 9.47 Å². The first kappa shape index (κ1) is 21.8. The Balaban J connectivity index is 1.56. The van der Waals surface area contributed by atoms with E-state index < -0.39 is 0 Å². The lowest BCUT2D eigenvalue weighted by Gasteiger charge is -2.41. The smallest absolute Gasteiger partial charge is 0.0544 e. The van der Waals surface area contributed by atoms with Gasteiger partial charge in [0.05, 0.1) is 19.4 Å². The summed E-state index contributed by atoms with van der Waals surface area (Å²) in [4.78, 5) is 2.50. The molecule has 1 heterocycles. The molecule has 6 nitrogen and oxygen atoms in total. The highest BCUT2D eigenvalue weighted by Crippen LogP contribution is 2.44. The van der Waals surface area contributed by atoms with Gasteiger partial charge in [-0.3, -0.25) is 10.00 Å². The van der Waals surface area contributed by atoms with Gasteiger partial charge in [0.25, 0.3) is 0 Å². The highest BCUT2D eigenvalue weighted by molar-refractivity contribution is 5.21. The molecule has 0 amide bonds. The number of aromatic nitrogens is 2. The summed E-state index contributed by atoms with van der Waals surface area (Å²) in [5, 5.41) is 11.1. The van der Waals surface area contributed by atoms with Gasteiger partial charge in [-0.1, -0.05) is 0 Å². The highest BCUT2D eigenvalue weighted by atomic mass is 16.5. The molecule has 0 bridgehead atoms. The molecule has 160 valence electrons. The van der Waals surface area contributed by atoms with Crippen LogP contribution in [0, 0.1) is 5.41 Å². The van der Waals surface area contributed by atoms with Crippen LogP contribution in [0.15, 0.2) is 6.20 Å². The van der Waals surface area contributed by atoms with Crippen molar-refractivity contribution in [3.05, 3.63) is 17.5 Å². The van der Waals surface area contributed by atoms with Crippen LogP contribution < -0.4 is 5.32 Å². The van der Waals surface area contributed by atoms with Crippen molar-refractivity contribution < 1.29 is 9.47 Å². The van der Waals surface area contributed by atoms with Crippen molar-refractivity contribution in [1.82, 2.24) is 20.4 Å². The van der Waals surface area contributed by atoms with Gasteiger partial charge in [-0.25, -0.2) is 0 Å². The minimum atomic E-state index is 0.188. The molecular weight excluding hydrogens is 352 g/mol. The standard InChI is InChI=1S/C22H40N4O2/c1-5-27-15-22(16-28-6-2)9-7-17(8-10-22)21-18(13-24-25-21)14-26(4)20-11-19(12-20)23-3/h13,17,19-20,23H,5-12,14-16H2,1-4H3,(H,24,25). The highest BCUT2D eigenvalue weighted by Gasteiger charge is 2.38. The molecule has 0 saturated heterocycles. The fourth-order valence-corrected chi connectivity index (χ4v) is 4.87. The maximum Gasteiger partial charge on any atom is 0.0544 e. The minimum Gasteiger partial charge on any atom is -0.381 e. The van der Waals surface area contributed by atoms with Crippen molar-refractivity contribution in [1.29, 1.82) is 0 Å². The predicted molar refractivity (Wildman–Crippen MR) is 113 cm³/mol. The van der Waals surface area contributed by atoms with Gasteiger partial charge in [0.2, 0.25) is 0 Å². The van der Waals surface area contributed by atoms with E-state index >= 15 is 0 Å². The molecule has 2 aliphatic rings.